The molecule has 0 unspecified atom stereocenters. The van der Waals surface area contributed by atoms with Crippen molar-refractivity contribution in [1.29, 1.82) is 0 Å². The van der Waals surface area contributed by atoms with Crippen molar-refractivity contribution in [1.82, 2.24) is 0 Å². The molecule has 2 aromatic carbocycles. The normalized spacial score (nSPS) is 11.3. The molecule has 0 aromatic heterocycles. The third-order valence-corrected chi connectivity index (χ3v) is 6.04. The van der Waals surface area contributed by atoms with Crippen molar-refractivity contribution in [3.8, 4) is 5.75 Å². The van der Waals surface area contributed by atoms with Crippen molar-refractivity contribution in [3.63, 3.8) is 0 Å². The van der Waals surface area contributed by atoms with Gasteiger partial charge in [0, 0.05) is 7.05 Å². The lowest BCUT2D eigenvalue weighted by atomic mass is 10.1. The van der Waals surface area contributed by atoms with Crippen LogP contribution in [0.25, 0.3) is 0 Å². The van der Waals surface area contributed by atoms with E-state index in [0.717, 1.165) is 11.1 Å². The van der Waals surface area contributed by atoms with Crippen LogP contribution in [0.2, 0.25) is 0 Å². The smallest absolute Gasteiger partial charge is 0.264 e. The predicted octanol–water partition coefficient (Wildman–Crippen LogP) is 3.90. The molecule has 6 heteroatoms. The zero-order valence-corrected chi connectivity index (χ0v) is 15.3. The molecule has 0 aliphatic rings. The zero-order chi connectivity index (χ0) is 16.5. The molecule has 0 aliphatic heterocycles. The highest BCUT2D eigenvalue weighted by Gasteiger charge is 2.22. The maximum absolute atomic E-state index is 12.7. The van der Waals surface area contributed by atoms with Crippen molar-refractivity contribution in [3.05, 3.63) is 52.0 Å². The number of benzene rings is 2. The fraction of sp³-hybridized carbons (Fsp3) is 0.250. The molecular weight excluding hydrogens is 366 g/mol. The second-order valence-corrected chi connectivity index (χ2v) is 7.86. The second kappa shape index (κ2) is 6.30. The molecule has 0 aliphatic carbocycles. The summed E-state index contributed by atoms with van der Waals surface area (Å²) in [5.74, 6) is 0.591. The molecule has 0 fully saturated rings. The van der Waals surface area contributed by atoms with Crippen molar-refractivity contribution in [2.45, 2.75) is 18.7 Å². The first-order chi connectivity index (χ1) is 10.3. The third kappa shape index (κ3) is 3.13. The number of hydrogen-bond donors (Lipinski definition) is 0. The van der Waals surface area contributed by atoms with E-state index >= 15 is 0 Å². The van der Waals surface area contributed by atoms with E-state index in [1.165, 1.54) is 17.5 Å². The van der Waals surface area contributed by atoms with Crippen LogP contribution < -0.4 is 9.04 Å². The first-order valence-corrected chi connectivity index (χ1v) is 8.90. The molecule has 0 atom stereocenters. The molecule has 0 radical (unpaired) electrons. The molecule has 0 spiro atoms. The van der Waals surface area contributed by atoms with Gasteiger partial charge in [-0.25, -0.2) is 8.42 Å². The Kier molecular flexibility index (Phi) is 4.82. The molecule has 2 rings (SSSR count). The summed E-state index contributed by atoms with van der Waals surface area (Å²) in [6.07, 6.45) is 0. The van der Waals surface area contributed by atoms with Crippen LogP contribution in [-0.2, 0) is 10.0 Å². The van der Waals surface area contributed by atoms with Gasteiger partial charge >= 0.3 is 0 Å². The summed E-state index contributed by atoms with van der Waals surface area (Å²) >= 11 is 3.32. The number of ether oxygens (including phenoxy) is 1. The summed E-state index contributed by atoms with van der Waals surface area (Å²) in [6.45, 7) is 3.96. The van der Waals surface area contributed by atoms with Crippen molar-refractivity contribution in [2.75, 3.05) is 18.5 Å². The monoisotopic (exact) mass is 383 g/mol. The van der Waals surface area contributed by atoms with Crippen LogP contribution in [0.1, 0.15) is 11.1 Å². The van der Waals surface area contributed by atoms with Gasteiger partial charge in [-0.2, -0.15) is 0 Å². The van der Waals surface area contributed by atoms with Crippen LogP contribution in [0.5, 0.6) is 5.75 Å². The Bertz CT molecular complexity index is 803. The summed E-state index contributed by atoms with van der Waals surface area (Å²) < 4.78 is 32.5. The highest BCUT2D eigenvalue weighted by Crippen LogP contribution is 2.30. The minimum absolute atomic E-state index is 0.209. The number of nitrogens with zero attached hydrogens (tertiary/aromatic N) is 1. The van der Waals surface area contributed by atoms with E-state index in [4.69, 9.17) is 4.74 Å². The predicted molar refractivity (Wildman–Crippen MR) is 92.2 cm³/mol. The van der Waals surface area contributed by atoms with Gasteiger partial charge in [-0.15, -0.1) is 0 Å². The molecule has 2 aromatic rings. The summed E-state index contributed by atoms with van der Waals surface area (Å²) in [5.41, 5.74) is 2.81. The Morgan fingerprint density at radius 2 is 1.73 bits per heavy atom. The first-order valence-electron chi connectivity index (χ1n) is 6.67. The van der Waals surface area contributed by atoms with Gasteiger partial charge in [-0.1, -0.05) is 6.07 Å². The minimum Gasteiger partial charge on any atom is -0.496 e. The fourth-order valence-electron chi connectivity index (χ4n) is 2.03. The van der Waals surface area contributed by atoms with Crippen molar-refractivity contribution >= 4 is 31.6 Å². The minimum atomic E-state index is -3.62. The Morgan fingerprint density at radius 3 is 2.27 bits per heavy atom. The van der Waals surface area contributed by atoms with Crippen LogP contribution in [0.3, 0.4) is 0 Å². The maximum Gasteiger partial charge on any atom is 0.264 e. The number of methoxy groups -OCH3 is 1. The number of anilines is 1. The number of sulfonamides is 1. The topological polar surface area (TPSA) is 46.6 Å². The molecule has 0 N–H and O–H groups in total. The van der Waals surface area contributed by atoms with Crippen LogP contribution >= 0.6 is 15.9 Å². The SMILES string of the molecule is COc1ccc(S(=O)(=O)N(C)c2ccc(C)c(C)c2)cc1Br. The molecule has 22 heavy (non-hydrogen) atoms. The van der Waals surface area contributed by atoms with Gasteiger partial charge in [-0.05, 0) is 71.2 Å². The van der Waals surface area contributed by atoms with Gasteiger partial charge in [0.1, 0.15) is 5.75 Å². The summed E-state index contributed by atoms with van der Waals surface area (Å²) in [5, 5.41) is 0. The first kappa shape index (κ1) is 16.8. The average molecular weight is 384 g/mol. The van der Waals surface area contributed by atoms with E-state index in [-0.39, 0.29) is 4.90 Å². The summed E-state index contributed by atoms with van der Waals surface area (Å²) in [4.78, 5) is 0.209. The van der Waals surface area contributed by atoms with Crippen molar-refractivity contribution in [2.24, 2.45) is 0 Å². The lowest BCUT2D eigenvalue weighted by Crippen LogP contribution is -2.26. The number of halogens is 1. The molecule has 0 heterocycles. The summed E-state index contributed by atoms with van der Waals surface area (Å²) in [7, 11) is -0.531. The molecule has 0 saturated carbocycles. The van der Waals surface area contributed by atoms with Crippen LogP contribution in [0.15, 0.2) is 45.8 Å². The number of rotatable bonds is 4. The third-order valence-electron chi connectivity index (χ3n) is 3.64. The van der Waals surface area contributed by atoms with Crippen LogP contribution in [0, 0.1) is 13.8 Å². The van der Waals surface area contributed by atoms with Gasteiger partial charge in [0.05, 0.1) is 22.2 Å². The van der Waals surface area contributed by atoms with Gasteiger partial charge < -0.3 is 4.74 Å². The molecule has 4 nitrogen and oxygen atoms in total. The standard InChI is InChI=1S/C16H18BrNO3S/c1-11-5-6-13(9-12(11)2)18(3)22(19,20)14-7-8-16(21-4)15(17)10-14/h5-10H,1-4H3. The largest absolute Gasteiger partial charge is 0.496 e. The highest BCUT2D eigenvalue weighted by atomic mass is 79.9. The molecule has 0 saturated heterocycles. The Balaban J connectivity index is 2.44. The van der Waals surface area contributed by atoms with Crippen molar-refractivity contribution < 1.29 is 13.2 Å². The van der Waals surface area contributed by atoms with Crippen LogP contribution in [0.4, 0.5) is 5.69 Å². The molecule has 0 bridgehead atoms. The number of aryl methyl sites for hydroxylation is 2. The highest BCUT2D eigenvalue weighted by molar-refractivity contribution is 9.10. The van der Waals surface area contributed by atoms with Gasteiger partial charge in [-0.3, -0.25) is 4.31 Å². The summed E-state index contributed by atoms with van der Waals surface area (Å²) in [6, 6.07) is 10.3. The lowest BCUT2D eigenvalue weighted by Gasteiger charge is -2.21. The van der Waals surface area contributed by atoms with E-state index in [2.05, 4.69) is 15.9 Å². The van der Waals surface area contributed by atoms with Crippen LogP contribution in [-0.4, -0.2) is 22.6 Å². The van der Waals surface area contributed by atoms with E-state index in [1.54, 1.807) is 25.2 Å². The average Bonchev–Trinajstić information content (AvgIpc) is 2.49. The molecule has 0 amide bonds. The zero-order valence-electron chi connectivity index (χ0n) is 12.9. The maximum atomic E-state index is 12.7. The van der Waals surface area contributed by atoms with Gasteiger partial charge in [0.15, 0.2) is 0 Å². The Morgan fingerprint density at radius 1 is 1.05 bits per heavy atom. The van der Waals surface area contributed by atoms with Gasteiger partial charge in [0.25, 0.3) is 10.0 Å². The second-order valence-electron chi connectivity index (χ2n) is 5.04. The molecular formula is C16H18BrNO3S. The quantitative estimate of drug-likeness (QED) is 0.803. The molecule has 118 valence electrons. The van der Waals surface area contributed by atoms with Gasteiger partial charge in [0.2, 0.25) is 0 Å². The Labute approximate surface area is 139 Å². The lowest BCUT2D eigenvalue weighted by molar-refractivity contribution is 0.411. The van der Waals surface area contributed by atoms with E-state index in [0.29, 0.717) is 15.9 Å². The Hall–Kier alpha value is -1.53. The van der Waals surface area contributed by atoms with E-state index < -0.39 is 10.0 Å². The number of hydrogen-bond acceptors (Lipinski definition) is 3. The fourth-order valence-corrected chi connectivity index (χ4v) is 3.93. The van der Waals surface area contributed by atoms with E-state index in [1.807, 2.05) is 26.0 Å². The van der Waals surface area contributed by atoms with E-state index in [9.17, 15) is 8.42 Å².